The highest BCUT2D eigenvalue weighted by Gasteiger charge is 2.48. The Morgan fingerprint density at radius 1 is 1.18 bits per heavy atom. The molecule has 1 atom stereocenters. The summed E-state index contributed by atoms with van der Waals surface area (Å²) < 4.78 is 4.71. The molecule has 3 nitrogen and oxygen atoms in total. The van der Waals surface area contributed by atoms with E-state index in [-0.39, 0.29) is 5.92 Å². The number of carbonyl (C=O) groups excluding carboxylic acids is 2. The summed E-state index contributed by atoms with van der Waals surface area (Å²) in [5.41, 5.74) is 1.59. The predicted molar refractivity (Wildman–Crippen MR) is 61.8 cm³/mol. The maximum Gasteiger partial charge on any atom is 0.346 e. The minimum Gasteiger partial charge on any atom is -0.386 e. The Morgan fingerprint density at radius 2 is 1.94 bits per heavy atom. The lowest BCUT2D eigenvalue weighted by Gasteiger charge is -2.37. The Balaban J connectivity index is 2.24. The van der Waals surface area contributed by atoms with Crippen LogP contribution < -0.4 is 0 Å². The molecule has 0 saturated carbocycles. The molecule has 1 aliphatic heterocycles. The molecule has 3 rings (SSSR count). The summed E-state index contributed by atoms with van der Waals surface area (Å²) in [7, 11) is 0. The molecule has 3 heteroatoms. The van der Waals surface area contributed by atoms with Gasteiger partial charge >= 0.3 is 11.9 Å². The topological polar surface area (TPSA) is 43.4 Å². The number of hydrogen-bond acceptors (Lipinski definition) is 3. The molecule has 3 aliphatic rings. The van der Waals surface area contributed by atoms with E-state index in [2.05, 4.69) is 6.08 Å². The molecule has 0 aromatic rings. The average molecular weight is 228 g/mol. The minimum absolute atomic E-state index is 0.129. The largest absolute Gasteiger partial charge is 0.386 e. The van der Waals surface area contributed by atoms with Crippen molar-refractivity contribution in [3.8, 4) is 0 Å². The van der Waals surface area contributed by atoms with Crippen molar-refractivity contribution in [2.24, 2.45) is 11.3 Å². The molecular weight excluding hydrogens is 216 g/mol. The molecule has 1 unspecified atom stereocenters. The maximum absolute atomic E-state index is 11.7. The molecule has 0 amide bonds. The Hall–Kier alpha value is -1.90. The zero-order valence-electron chi connectivity index (χ0n) is 9.69. The highest BCUT2D eigenvalue weighted by atomic mass is 16.6. The average Bonchev–Trinajstić information content (AvgIpc) is 2.55. The van der Waals surface area contributed by atoms with Crippen LogP contribution in [0.15, 0.2) is 47.1 Å². The van der Waals surface area contributed by atoms with Gasteiger partial charge in [-0.15, -0.1) is 0 Å². The number of esters is 2. The van der Waals surface area contributed by atoms with Crippen LogP contribution in [-0.4, -0.2) is 11.9 Å². The zero-order valence-corrected chi connectivity index (χ0v) is 9.69. The lowest BCUT2D eigenvalue weighted by atomic mass is 9.64. The number of hydrogen-bond donors (Lipinski definition) is 0. The van der Waals surface area contributed by atoms with Gasteiger partial charge in [-0.2, -0.15) is 0 Å². The molecule has 0 fully saturated rings. The number of fused-ring (bicyclic) bond motifs is 1. The summed E-state index contributed by atoms with van der Waals surface area (Å²) in [6, 6.07) is 0. The molecule has 0 aromatic carbocycles. The molecule has 86 valence electrons. The number of rotatable bonds is 0. The van der Waals surface area contributed by atoms with E-state index in [1.165, 1.54) is 0 Å². The van der Waals surface area contributed by atoms with Gasteiger partial charge < -0.3 is 4.74 Å². The molecule has 0 bridgehead atoms. The van der Waals surface area contributed by atoms with Gasteiger partial charge in [0.2, 0.25) is 0 Å². The number of cyclic esters (lactones) is 2. The van der Waals surface area contributed by atoms with Crippen LogP contribution in [0.3, 0.4) is 0 Å². The van der Waals surface area contributed by atoms with Gasteiger partial charge in [-0.1, -0.05) is 38.2 Å². The van der Waals surface area contributed by atoms with Crippen molar-refractivity contribution in [2.75, 3.05) is 0 Å². The third kappa shape index (κ3) is 1.22. The summed E-state index contributed by atoms with van der Waals surface area (Å²) in [6.45, 7) is 3.95. The summed E-state index contributed by atoms with van der Waals surface area (Å²) in [5, 5.41) is 0. The monoisotopic (exact) mass is 228 g/mol. The van der Waals surface area contributed by atoms with E-state index >= 15 is 0 Å². The smallest absolute Gasteiger partial charge is 0.346 e. The molecule has 0 radical (unpaired) electrons. The summed E-state index contributed by atoms with van der Waals surface area (Å²) >= 11 is 0. The van der Waals surface area contributed by atoms with E-state index in [1.807, 2.05) is 32.1 Å². The van der Waals surface area contributed by atoms with Crippen LogP contribution in [-0.2, 0) is 14.3 Å². The van der Waals surface area contributed by atoms with Crippen molar-refractivity contribution in [1.29, 1.82) is 0 Å². The summed E-state index contributed by atoms with van der Waals surface area (Å²) in [6.07, 6.45) is 9.72. The Bertz CT molecular complexity index is 556. The van der Waals surface area contributed by atoms with E-state index < -0.39 is 17.4 Å². The van der Waals surface area contributed by atoms with Gasteiger partial charge in [-0.05, 0) is 11.6 Å². The molecule has 0 spiro atoms. The van der Waals surface area contributed by atoms with Crippen molar-refractivity contribution in [1.82, 2.24) is 0 Å². The van der Waals surface area contributed by atoms with Gasteiger partial charge in [-0.25, -0.2) is 9.59 Å². The van der Waals surface area contributed by atoms with E-state index in [4.69, 9.17) is 4.74 Å². The molecule has 1 heterocycles. The third-order valence-corrected chi connectivity index (χ3v) is 3.67. The fourth-order valence-corrected chi connectivity index (χ4v) is 2.82. The third-order valence-electron chi connectivity index (χ3n) is 3.67. The van der Waals surface area contributed by atoms with Gasteiger partial charge in [0.15, 0.2) is 0 Å². The predicted octanol–water partition coefficient (Wildman–Crippen LogP) is 2.07. The van der Waals surface area contributed by atoms with Crippen LogP contribution in [0.4, 0.5) is 0 Å². The molecule has 0 N–H and O–H groups in total. The molecular formula is C14H12O3. The van der Waals surface area contributed by atoms with E-state index in [0.717, 1.165) is 5.57 Å². The quantitative estimate of drug-likeness (QED) is 0.471. The molecule has 2 aliphatic carbocycles. The van der Waals surface area contributed by atoms with Crippen LogP contribution >= 0.6 is 0 Å². The Labute approximate surface area is 99.1 Å². The Kier molecular flexibility index (Phi) is 1.85. The highest BCUT2D eigenvalue weighted by Crippen LogP contribution is 2.49. The Morgan fingerprint density at radius 3 is 2.71 bits per heavy atom. The normalized spacial score (nSPS) is 28.8. The summed E-state index contributed by atoms with van der Waals surface area (Å²) in [5.74, 6) is -0.884. The van der Waals surface area contributed by atoms with Gasteiger partial charge in [-0.3, -0.25) is 0 Å². The van der Waals surface area contributed by atoms with Crippen molar-refractivity contribution < 1.29 is 14.3 Å². The second kappa shape index (κ2) is 3.06. The van der Waals surface area contributed by atoms with Crippen molar-refractivity contribution in [3.05, 3.63) is 47.1 Å². The first kappa shape index (κ1) is 10.3. The fourth-order valence-electron chi connectivity index (χ4n) is 2.82. The SMILES string of the molecule is CC1(C)C2=C(C=C3C=CC=CC31)C(=O)OC2=O. The fraction of sp³-hybridized carbons (Fsp3) is 0.286. The summed E-state index contributed by atoms with van der Waals surface area (Å²) in [4.78, 5) is 23.3. The van der Waals surface area contributed by atoms with Crippen molar-refractivity contribution in [3.63, 3.8) is 0 Å². The van der Waals surface area contributed by atoms with Gasteiger partial charge in [0.05, 0.1) is 11.1 Å². The first-order chi connectivity index (χ1) is 8.01. The van der Waals surface area contributed by atoms with Crippen LogP contribution in [0.1, 0.15) is 13.8 Å². The number of carbonyl (C=O) groups is 2. The standard InChI is InChI=1S/C14H12O3/c1-14(2)10-6-4-3-5-8(10)7-9-11(14)13(16)17-12(9)15/h3-7,10H,1-2H3. The van der Waals surface area contributed by atoms with Crippen LogP contribution in [0.5, 0.6) is 0 Å². The maximum atomic E-state index is 11.7. The molecule has 0 saturated heterocycles. The molecule has 0 aromatic heterocycles. The second-order valence-corrected chi connectivity index (χ2v) is 5.05. The number of allylic oxidation sites excluding steroid dienone is 5. The lowest BCUT2D eigenvalue weighted by Crippen LogP contribution is -2.32. The second-order valence-electron chi connectivity index (χ2n) is 5.05. The van der Waals surface area contributed by atoms with E-state index in [0.29, 0.717) is 11.1 Å². The first-order valence-corrected chi connectivity index (χ1v) is 5.59. The minimum atomic E-state index is -0.521. The van der Waals surface area contributed by atoms with Gasteiger partial charge in [0.1, 0.15) is 0 Å². The van der Waals surface area contributed by atoms with Crippen molar-refractivity contribution in [2.45, 2.75) is 13.8 Å². The lowest BCUT2D eigenvalue weighted by molar-refractivity contribution is -0.151. The van der Waals surface area contributed by atoms with Gasteiger partial charge in [0, 0.05) is 11.3 Å². The zero-order chi connectivity index (χ0) is 12.2. The molecule has 17 heavy (non-hydrogen) atoms. The van der Waals surface area contributed by atoms with E-state index in [1.54, 1.807) is 6.08 Å². The van der Waals surface area contributed by atoms with Crippen LogP contribution in [0.2, 0.25) is 0 Å². The van der Waals surface area contributed by atoms with Crippen LogP contribution in [0, 0.1) is 11.3 Å². The number of ether oxygens (including phenoxy) is 1. The van der Waals surface area contributed by atoms with Gasteiger partial charge in [0.25, 0.3) is 0 Å². The van der Waals surface area contributed by atoms with Crippen LogP contribution in [0.25, 0.3) is 0 Å². The first-order valence-electron chi connectivity index (χ1n) is 5.59. The highest BCUT2D eigenvalue weighted by molar-refractivity contribution is 6.15. The van der Waals surface area contributed by atoms with Crippen molar-refractivity contribution >= 4 is 11.9 Å². The van der Waals surface area contributed by atoms with E-state index in [9.17, 15) is 9.59 Å².